The molecule has 4 atom stereocenters. The number of benzene rings is 2. The molecule has 2 fully saturated rings. The summed E-state index contributed by atoms with van der Waals surface area (Å²) >= 11 is 0. The summed E-state index contributed by atoms with van der Waals surface area (Å²) in [5.74, 6) is -3.47. The molecule has 0 radical (unpaired) electrons. The van der Waals surface area contributed by atoms with Crippen LogP contribution in [0.4, 0.5) is 0 Å². The minimum atomic E-state index is -1.48. The van der Waals surface area contributed by atoms with Crippen molar-refractivity contribution in [3.8, 4) is 0 Å². The third-order valence-corrected chi connectivity index (χ3v) is 6.38. The van der Waals surface area contributed by atoms with Crippen LogP contribution >= 0.6 is 0 Å². The maximum atomic E-state index is 13.5. The Bertz CT molecular complexity index is 1030. The molecule has 4 rings (SSSR count). The number of hydrogen-bond acceptors (Lipinski definition) is 4. The number of imide groups is 1. The molecule has 2 aromatic carbocycles. The van der Waals surface area contributed by atoms with Gasteiger partial charge in [-0.2, -0.15) is 0 Å². The summed E-state index contributed by atoms with van der Waals surface area (Å²) in [4.78, 5) is 40.8. The molecule has 2 aliphatic heterocycles. The molecule has 0 saturated carbocycles. The van der Waals surface area contributed by atoms with Crippen LogP contribution in [0.5, 0.6) is 0 Å². The Morgan fingerprint density at radius 2 is 1.69 bits per heavy atom. The number of nitrogens with zero attached hydrogens (tertiary/aromatic N) is 1. The standard InChI is InChI=1S/C26H28N2O4/c1-17(2)15-26(25(31)32)22-21(20(27-26)14-13-18-9-5-3-6-10-18)23(29)28(24(22)30)16-19-11-7-4-8-12-19/h3-14,17,20-22,27H,15-16H2,1-2H3,(H,31,32). The zero-order chi connectivity index (χ0) is 22.9. The Morgan fingerprint density at radius 1 is 1.06 bits per heavy atom. The molecule has 2 N–H and O–H groups in total. The Hall–Kier alpha value is -3.25. The molecule has 2 heterocycles. The minimum Gasteiger partial charge on any atom is -0.480 e. The largest absolute Gasteiger partial charge is 0.480 e. The molecular weight excluding hydrogens is 404 g/mol. The molecule has 0 aromatic heterocycles. The SMILES string of the molecule is CC(C)CC1(C(=O)O)NC(C=Cc2ccccc2)C2C(=O)N(Cc3ccccc3)C(=O)C21. The molecule has 0 bridgehead atoms. The predicted octanol–water partition coefficient (Wildman–Crippen LogP) is 3.34. The molecule has 166 valence electrons. The monoisotopic (exact) mass is 432 g/mol. The van der Waals surface area contributed by atoms with Crippen molar-refractivity contribution < 1.29 is 19.5 Å². The van der Waals surface area contributed by atoms with E-state index in [0.717, 1.165) is 11.1 Å². The van der Waals surface area contributed by atoms with Crippen LogP contribution in [0.2, 0.25) is 0 Å². The number of carbonyl (C=O) groups excluding carboxylic acids is 2. The Balaban J connectivity index is 1.72. The van der Waals surface area contributed by atoms with Gasteiger partial charge >= 0.3 is 5.97 Å². The number of nitrogens with one attached hydrogen (secondary N) is 1. The lowest BCUT2D eigenvalue weighted by atomic mass is 9.75. The van der Waals surface area contributed by atoms with E-state index in [-0.39, 0.29) is 24.8 Å². The van der Waals surface area contributed by atoms with Gasteiger partial charge in [-0.05, 0) is 23.5 Å². The van der Waals surface area contributed by atoms with E-state index in [4.69, 9.17) is 0 Å². The van der Waals surface area contributed by atoms with E-state index in [1.807, 2.05) is 86.7 Å². The Labute approximate surface area is 187 Å². The van der Waals surface area contributed by atoms with Gasteiger partial charge in [-0.25, -0.2) is 0 Å². The zero-order valence-corrected chi connectivity index (χ0v) is 18.3. The lowest BCUT2D eigenvalue weighted by molar-refractivity contribution is -0.152. The van der Waals surface area contributed by atoms with Crippen LogP contribution in [-0.2, 0) is 20.9 Å². The molecule has 0 aliphatic carbocycles. The van der Waals surface area contributed by atoms with Crippen molar-refractivity contribution in [2.75, 3.05) is 0 Å². The quantitative estimate of drug-likeness (QED) is 0.656. The summed E-state index contributed by atoms with van der Waals surface area (Å²) in [6.07, 6.45) is 3.96. The first-order chi connectivity index (χ1) is 15.3. The lowest BCUT2D eigenvalue weighted by Gasteiger charge is -2.32. The van der Waals surface area contributed by atoms with E-state index >= 15 is 0 Å². The highest BCUT2D eigenvalue weighted by Crippen LogP contribution is 2.46. The maximum Gasteiger partial charge on any atom is 0.324 e. The van der Waals surface area contributed by atoms with Crippen LogP contribution in [-0.4, -0.2) is 39.4 Å². The van der Waals surface area contributed by atoms with E-state index in [2.05, 4.69) is 5.32 Å². The highest BCUT2D eigenvalue weighted by molar-refractivity contribution is 6.09. The molecule has 2 saturated heterocycles. The first-order valence-electron chi connectivity index (χ1n) is 11.0. The summed E-state index contributed by atoms with van der Waals surface area (Å²) in [6, 6.07) is 18.4. The van der Waals surface area contributed by atoms with Crippen LogP contribution in [0.3, 0.4) is 0 Å². The highest BCUT2D eigenvalue weighted by Gasteiger charge is 2.67. The van der Waals surface area contributed by atoms with Crippen LogP contribution in [0.25, 0.3) is 6.08 Å². The highest BCUT2D eigenvalue weighted by atomic mass is 16.4. The van der Waals surface area contributed by atoms with Crippen molar-refractivity contribution >= 4 is 23.9 Å². The first kappa shape index (κ1) is 22.0. The number of hydrogen-bond donors (Lipinski definition) is 2. The first-order valence-corrected chi connectivity index (χ1v) is 11.0. The van der Waals surface area contributed by atoms with Gasteiger partial charge in [0.25, 0.3) is 0 Å². The number of rotatable bonds is 7. The van der Waals surface area contributed by atoms with E-state index in [0.29, 0.717) is 0 Å². The number of fused-ring (bicyclic) bond motifs is 1. The van der Waals surface area contributed by atoms with Gasteiger partial charge in [0.2, 0.25) is 11.8 Å². The average molecular weight is 433 g/mol. The van der Waals surface area contributed by atoms with Crippen molar-refractivity contribution in [3.05, 3.63) is 77.9 Å². The molecule has 2 aromatic rings. The molecule has 6 heteroatoms. The van der Waals surface area contributed by atoms with Crippen LogP contribution in [0, 0.1) is 17.8 Å². The Morgan fingerprint density at radius 3 is 2.28 bits per heavy atom. The average Bonchev–Trinajstić information content (AvgIpc) is 3.23. The molecule has 4 unspecified atom stereocenters. The maximum absolute atomic E-state index is 13.5. The second kappa shape index (κ2) is 8.71. The second-order valence-electron chi connectivity index (χ2n) is 9.07. The summed E-state index contributed by atoms with van der Waals surface area (Å²) < 4.78 is 0. The van der Waals surface area contributed by atoms with Crippen molar-refractivity contribution in [3.63, 3.8) is 0 Å². The topological polar surface area (TPSA) is 86.7 Å². The van der Waals surface area contributed by atoms with Crippen molar-refractivity contribution in [2.45, 2.75) is 38.4 Å². The number of aliphatic carboxylic acids is 1. The molecule has 2 aliphatic rings. The zero-order valence-electron chi connectivity index (χ0n) is 18.3. The third kappa shape index (κ3) is 3.86. The van der Waals surface area contributed by atoms with Crippen LogP contribution < -0.4 is 5.32 Å². The number of amides is 2. The lowest BCUT2D eigenvalue weighted by Crippen LogP contribution is -2.57. The number of likely N-dealkylation sites (tertiary alicyclic amines) is 1. The van der Waals surface area contributed by atoms with Gasteiger partial charge in [0, 0.05) is 6.04 Å². The smallest absolute Gasteiger partial charge is 0.324 e. The van der Waals surface area contributed by atoms with E-state index in [1.54, 1.807) is 0 Å². The van der Waals surface area contributed by atoms with Crippen LogP contribution in [0.1, 0.15) is 31.4 Å². The van der Waals surface area contributed by atoms with Gasteiger partial charge in [0.05, 0.1) is 18.4 Å². The molecule has 32 heavy (non-hydrogen) atoms. The Kier molecular flexibility index (Phi) is 5.98. The fraction of sp³-hybridized carbons (Fsp3) is 0.346. The fourth-order valence-electron chi connectivity index (χ4n) is 5.09. The van der Waals surface area contributed by atoms with E-state index in [1.165, 1.54) is 4.90 Å². The van der Waals surface area contributed by atoms with Crippen LogP contribution in [0.15, 0.2) is 66.7 Å². The van der Waals surface area contributed by atoms with E-state index < -0.39 is 35.3 Å². The summed E-state index contributed by atoms with van der Waals surface area (Å²) in [5, 5.41) is 13.5. The van der Waals surface area contributed by atoms with Crippen molar-refractivity contribution in [2.24, 2.45) is 17.8 Å². The number of carbonyl (C=O) groups is 3. The van der Waals surface area contributed by atoms with Crippen molar-refractivity contribution in [1.29, 1.82) is 0 Å². The molecule has 2 amide bonds. The predicted molar refractivity (Wildman–Crippen MR) is 121 cm³/mol. The van der Waals surface area contributed by atoms with Gasteiger partial charge < -0.3 is 5.11 Å². The van der Waals surface area contributed by atoms with E-state index in [9.17, 15) is 19.5 Å². The summed E-state index contributed by atoms with van der Waals surface area (Å²) in [7, 11) is 0. The molecular formula is C26H28N2O4. The third-order valence-electron chi connectivity index (χ3n) is 6.38. The molecule has 6 nitrogen and oxygen atoms in total. The summed E-state index contributed by atoms with van der Waals surface area (Å²) in [6.45, 7) is 4.01. The van der Waals surface area contributed by atoms with Gasteiger partial charge in [-0.15, -0.1) is 0 Å². The normalized spacial score (nSPS) is 27.5. The van der Waals surface area contributed by atoms with Crippen molar-refractivity contribution in [1.82, 2.24) is 10.2 Å². The van der Waals surface area contributed by atoms with Gasteiger partial charge in [-0.1, -0.05) is 86.7 Å². The van der Waals surface area contributed by atoms with Gasteiger partial charge in [0.1, 0.15) is 5.54 Å². The number of carboxylic acids is 1. The summed E-state index contributed by atoms with van der Waals surface area (Å²) in [5.41, 5.74) is 0.298. The number of carboxylic acid groups (broad SMARTS) is 1. The molecule has 0 spiro atoms. The van der Waals surface area contributed by atoms with Gasteiger partial charge in [-0.3, -0.25) is 24.6 Å². The van der Waals surface area contributed by atoms with Gasteiger partial charge in [0.15, 0.2) is 0 Å². The fourth-order valence-corrected chi connectivity index (χ4v) is 5.09. The second-order valence-corrected chi connectivity index (χ2v) is 9.07. The minimum absolute atomic E-state index is 0.0298.